The first kappa shape index (κ1) is 15.3. The number of nitrogens with zero attached hydrogens (tertiary/aromatic N) is 4. The van der Waals surface area contributed by atoms with E-state index in [1.165, 1.54) is 0 Å². The summed E-state index contributed by atoms with van der Waals surface area (Å²) >= 11 is 0. The highest BCUT2D eigenvalue weighted by Crippen LogP contribution is 2.18. The van der Waals surface area contributed by atoms with E-state index in [4.69, 9.17) is 4.74 Å². The van der Waals surface area contributed by atoms with Crippen molar-refractivity contribution in [1.82, 2.24) is 19.7 Å². The summed E-state index contributed by atoms with van der Waals surface area (Å²) in [6.45, 7) is 3.28. The molecule has 122 valence electrons. The van der Waals surface area contributed by atoms with Crippen molar-refractivity contribution in [3.8, 4) is 5.75 Å². The molecule has 7 nitrogen and oxygen atoms in total. The number of aryl methyl sites for hydroxylation is 2. The van der Waals surface area contributed by atoms with Crippen molar-refractivity contribution in [2.24, 2.45) is 7.05 Å². The van der Waals surface area contributed by atoms with Gasteiger partial charge in [-0.1, -0.05) is 6.92 Å². The second kappa shape index (κ2) is 6.68. The Labute approximate surface area is 135 Å². The van der Waals surface area contributed by atoms with Gasteiger partial charge in [-0.3, -0.25) is 15.0 Å². The highest BCUT2D eigenvalue weighted by Gasteiger charge is 2.28. The zero-order valence-corrected chi connectivity index (χ0v) is 13.4. The molecule has 0 aliphatic carbocycles. The Kier molecular flexibility index (Phi) is 4.45. The van der Waals surface area contributed by atoms with Crippen molar-refractivity contribution in [2.45, 2.75) is 25.9 Å². The van der Waals surface area contributed by atoms with Crippen LogP contribution in [0.2, 0.25) is 0 Å². The Morgan fingerprint density at radius 2 is 2.39 bits per heavy atom. The van der Waals surface area contributed by atoms with Gasteiger partial charge in [0.2, 0.25) is 0 Å². The van der Waals surface area contributed by atoms with Gasteiger partial charge in [-0.25, -0.2) is 4.79 Å². The van der Waals surface area contributed by atoms with Gasteiger partial charge in [-0.15, -0.1) is 0 Å². The van der Waals surface area contributed by atoms with Crippen LogP contribution in [-0.4, -0.2) is 44.9 Å². The van der Waals surface area contributed by atoms with E-state index in [-0.39, 0.29) is 12.1 Å². The van der Waals surface area contributed by atoms with Gasteiger partial charge in [0.15, 0.2) is 0 Å². The number of ether oxygens (including phenoxy) is 1. The summed E-state index contributed by atoms with van der Waals surface area (Å²) in [5.74, 6) is 1.45. The number of urea groups is 1. The number of likely N-dealkylation sites (tertiary alicyclic amines) is 1. The lowest BCUT2D eigenvalue weighted by Crippen LogP contribution is -2.35. The van der Waals surface area contributed by atoms with Crippen LogP contribution in [0.3, 0.4) is 0 Å². The predicted octanol–water partition coefficient (Wildman–Crippen LogP) is 2.06. The lowest BCUT2D eigenvalue weighted by molar-refractivity contribution is 0.194. The van der Waals surface area contributed by atoms with Crippen LogP contribution in [-0.2, 0) is 13.5 Å². The molecular formula is C16H21N5O2. The maximum absolute atomic E-state index is 12.4. The molecular weight excluding hydrogens is 294 g/mol. The van der Waals surface area contributed by atoms with E-state index in [2.05, 4.69) is 15.4 Å². The molecule has 1 aliphatic rings. The number of amides is 2. The fourth-order valence-corrected chi connectivity index (χ4v) is 2.62. The lowest BCUT2D eigenvalue weighted by Gasteiger charge is -2.17. The average molecular weight is 315 g/mol. The molecule has 0 aromatic carbocycles. The van der Waals surface area contributed by atoms with Crippen molar-refractivity contribution in [2.75, 3.05) is 18.4 Å². The van der Waals surface area contributed by atoms with Gasteiger partial charge in [-0.2, -0.15) is 5.10 Å². The Hall–Kier alpha value is -2.57. The molecule has 2 amide bonds. The van der Waals surface area contributed by atoms with Crippen molar-refractivity contribution < 1.29 is 9.53 Å². The molecule has 0 spiro atoms. The number of rotatable bonds is 4. The molecule has 1 saturated heterocycles. The van der Waals surface area contributed by atoms with Crippen molar-refractivity contribution in [1.29, 1.82) is 0 Å². The van der Waals surface area contributed by atoms with Gasteiger partial charge < -0.3 is 9.64 Å². The van der Waals surface area contributed by atoms with Crippen LogP contribution in [0.1, 0.15) is 19.0 Å². The fourth-order valence-electron chi connectivity index (χ4n) is 2.62. The molecule has 2 aromatic heterocycles. The Bertz CT molecular complexity index is 670. The number of hydrogen-bond donors (Lipinski definition) is 1. The fraction of sp³-hybridized carbons (Fsp3) is 0.438. The Morgan fingerprint density at radius 1 is 1.52 bits per heavy atom. The van der Waals surface area contributed by atoms with E-state index in [9.17, 15) is 4.79 Å². The predicted molar refractivity (Wildman–Crippen MR) is 86.4 cm³/mol. The molecule has 1 aliphatic heterocycles. The maximum Gasteiger partial charge on any atom is 0.323 e. The van der Waals surface area contributed by atoms with Crippen LogP contribution in [0.4, 0.5) is 10.6 Å². The van der Waals surface area contributed by atoms with Gasteiger partial charge in [0.05, 0.1) is 18.4 Å². The van der Waals surface area contributed by atoms with Crippen LogP contribution in [0.25, 0.3) is 0 Å². The summed E-state index contributed by atoms with van der Waals surface area (Å²) < 4.78 is 7.54. The number of hydrogen-bond acceptors (Lipinski definition) is 4. The molecule has 1 fully saturated rings. The highest BCUT2D eigenvalue weighted by molar-refractivity contribution is 5.88. The minimum absolute atomic E-state index is 0.00249. The Morgan fingerprint density at radius 3 is 3.09 bits per heavy atom. The molecule has 7 heteroatoms. The first-order chi connectivity index (χ1) is 11.2. The molecule has 1 N–H and O–H groups in total. The van der Waals surface area contributed by atoms with Gasteiger partial charge in [0, 0.05) is 32.3 Å². The van der Waals surface area contributed by atoms with Gasteiger partial charge in [-0.05, 0) is 18.6 Å². The summed E-state index contributed by atoms with van der Waals surface area (Å²) in [7, 11) is 1.83. The first-order valence-corrected chi connectivity index (χ1v) is 7.81. The van der Waals surface area contributed by atoms with Gasteiger partial charge >= 0.3 is 6.03 Å². The standard InChI is InChI=1S/C16H21N5O2/c1-3-12-9-15(20(2)19-12)18-16(22)21-8-6-14(11-21)23-13-5-4-7-17-10-13/h4-5,7,9-10,14H,3,6,8,11H2,1-2H3,(H,18,22)/t14-/m0/s1. The summed E-state index contributed by atoms with van der Waals surface area (Å²) in [6, 6.07) is 5.49. The summed E-state index contributed by atoms with van der Waals surface area (Å²) in [6.07, 6.45) is 5.05. The molecule has 2 aromatic rings. The van der Waals surface area contributed by atoms with E-state index in [0.717, 1.165) is 24.3 Å². The van der Waals surface area contributed by atoms with Gasteiger partial charge in [0.1, 0.15) is 17.7 Å². The second-order valence-electron chi connectivity index (χ2n) is 5.59. The third kappa shape index (κ3) is 3.61. The smallest absolute Gasteiger partial charge is 0.323 e. The zero-order chi connectivity index (χ0) is 16.2. The van der Waals surface area contributed by atoms with Crippen LogP contribution in [0.15, 0.2) is 30.6 Å². The third-order valence-corrected chi connectivity index (χ3v) is 3.90. The average Bonchev–Trinajstić information content (AvgIpc) is 3.15. The number of carbonyl (C=O) groups is 1. The highest BCUT2D eigenvalue weighted by atomic mass is 16.5. The first-order valence-electron chi connectivity index (χ1n) is 7.81. The summed E-state index contributed by atoms with van der Waals surface area (Å²) in [4.78, 5) is 18.2. The molecule has 0 bridgehead atoms. The van der Waals surface area contributed by atoms with E-state index in [1.54, 1.807) is 22.0 Å². The topological polar surface area (TPSA) is 72.3 Å². The molecule has 0 unspecified atom stereocenters. The summed E-state index contributed by atoms with van der Waals surface area (Å²) in [5, 5.41) is 7.24. The number of anilines is 1. The third-order valence-electron chi connectivity index (χ3n) is 3.90. The van der Waals surface area contributed by atoms with E-state index >= 15 is 0 Å². The minimum atomic E-state index is -0.118. The Balaban J connectivity index is 1.56. The molecule has 1 atom stereocenters. The van der Waals surface area contributed by atoms with E-state index in [1.807, 2.05) is 32.2 Å². The van der Waals surface area contributed by atoms with Gasteiger partial charge in [0.25, 0.3) is 0 Å². The second-order valence-corrected chi connectivity index (χ2v) is 5.59. The number of carbonyl (C=O) groups excluding carboxylic acids is 1. The molecule has 3 heterocycles. The normalized spacial score (nSPS) is 17.3. The maximum atomic E-state index is 12.4. The van der Waals surface area contributed by atoms with Crippen LogP contribution < -0.4 is 10.1 Å². The molecule has 0 radical (unpaired) electrons. The van der Waals surface area contributed by atoms with Crippen LogP contribution in [0, 0.1) is 0 Å². The molecule has 0 saturated carbocycles. The molecule has 23 heavy (non-hydrogen) atoms. The summed E-state index contributed by atoms with van der Waals surface area (Å²) in [5.41, 5.74) is 0.960. The van der Waals surface area contributed by atoms with Crippen LogP contribution in [0.5, 0.6) is 5.75 Å². The quantitative estimate of drug-likeness (QED) is 0.937. The minimum Gasteiger partial charge on any atom is -0.487 e. The largest absolute Gasteiger partial charge is 0.487 e. The SMILES string of the molecule is CCc1cc(NC(=O)N2CC[C@H](Oc3cccnc3)C2)n(C)n1. The number of nitrogens with one attached hydrogen (secondary N) is 1. The molecule has 3 rings (SSSR count). The van der Waals surface area contributed by atoms with Crippen molar-refractivity contribution >= 4 is 11.8 Å². The van der Waals surface area contributed by atoms with Crippen LogP contribution >= 0.6 is 0 Å². The van der Waals surface area contributed by atoms with E-state index < -0.39 is 0 Å². The number of aromatic nitrogens is 3. The number of pyridine rings is 1. The van der Waals surface area contributed by atoms with E-state index in [0.29, 0.717) is 18.9 Å². The van der Waals surface area contributed by atoms with Crippen molar-refractivity contribution in [3.05, 3.63) is 36.3 Å². The lowest BCUT2D eigenvalue weighted by atomic mass is 10.3. The van der Waals surface area contributed by atoms with Crippen molar-refractivity contribution in [3.63, 3.8) is 0 Å². The monoisotopic (exact) mass is 315 g/mol. The zero-order valence-electron chi connectivity index (χ0n) is 13.4.